The zero-order valence-corrected chi connectivity index (χ0v) is 8.39. The summed E-state index contributed by atoms with van der Waals surface area (Å²) in [5.41, 5.74) is 2.62. The molecule has 2 rings (SSSR count). The SMILES string of the molecule is COc1cc(Br)c2c(c1)C=CC2. The van der Waals surface area contributed by atoms with E-state index in [-0.39, 0.29) is 0 Å². The van der Waals surface area contributed by atoms with Gasteiger partial charge in [-0.05, 0) is 29.7 Å². The second-order valence-electron chi connectivity index (χ2n) is 2.78. The smallest absolute Gasteiger partial charge is 0.120 e. The first-order valence-electron chi connectivity index (χ1n) is 3.84. The van der Waals surface area contributed by atoms with Crippen molar-refractivity contribution in [3.05, 3.63) is 33.8 Å². The Hall–Kier alpha value is -0.760. The van der Waals surface area contributed by atoms with Gasteiger partial charge >= 0.3 is 0 Å². The normalized spacial score (nSPS) is 13.2. The van der Waals surface area contributed by atoms with E-state index < -0.39 is 0 Å². The van der Waals surface area contributed by atoms with E-state index in [1.54, 1.807) is 7.11 Å². The quantitative estimate of drug-likeness (QED) is 0.713. The molecule has 0 saturated heterocycles. The molecule has 0 bridgehead atoms. The average molecular weight is 225 g/mol. The Morgan fingerprint density at radius 2 is 2.25 bits per heavy atom. The van der Waals surface area contributed by atoms with Crippen LogP contribution in [-0.4, -0.2) is 7.11 Å². The van der Waals surface area contributed by atoms with Crippen molar-refractivity contribution < 1.29 is 4.74 Å². The molecule has 0 fully saturated rings. The molecule has 1 aliphatic rings. The van der Waals surface area contributed by atoms with E-state index in [1.807, 2.05) is 6.07 Å². The van der Waals surface area contributed by atoms with Gasteiger partial charge in [0.05, 0.1) is 7.11 Å². The van der Waals surface area contributed by atoms with Crippen molar-refractivity contribution in [3.63, 3.8) is 0 Å². The lowest BCUT2D eigenvalue weighted by atomic mass is 10.1. The van der Waals surface area contributed by atoms with E-state index >= 15 is 0 Å². The molecule has 0 saturated carbocycles. The monoisotopic (exact) mass is 224 g/mol. The molecule has 1 aromatic carbocycles. The molecular formula is C10H9BrO. The van der Waals surface area contributed by atoms with Crippen LogP contribution < -0.4 is 4.74 Å². The third kappa shape index (κ3) is 1.16. The highest BCUT2D eigenvalue weighted by molar-refractivity contribution is 9.10. The summed E-state index contributed by atoms with van der Waals surface area (Å²) in [5, 5.41) is 0. The Morgan fingerprint density at radius 1 is 1.42 bits per heavy atom. The summed E-state index contributed by atoms with van der Waals surface area (Å²) in [6, 6.07) is 4.06. The highest BCUT2D eigenvalue weighted by Crippen LogP contribution is 2.31. The van der Waals surface area contributed by atoms with E-state index in [0.717, 1.165) is 16.6 Å². The molecule has 0 aliphatic heterocycles. The molecule has 12 heavy (non-hydrogen) atoms. The number of ether oxygens (including phenoxy) is 1. The first kappa shape index (κ1) is 7.87. The highest BCUT2D eigenvalue weighted by Gasteiger charge is 2.10. The van der Waals surface area contributed by atoms with E-state index in [4.69, 9.17) is 4.74 Å². The van der Waals surface area contributed by atoms with Crippen LogP contribution >= 0.6 is 15.9 Å². The Labute approximate surface area is 80.2 Å². The van der Waals surface area contributed by atoms with Gasteiger partial charge in [0.1, 0.15) is 5.75 Å². The molecule has 0 aromatic heterocycles. The number of benzene rings is 1. The molecule has 1 nitrogen and oxygen atoms in total. The predicted molar refractivity (Wildman–Crippen MR) is 53.4 cm³/mol. The first-order chi connectivity index (χ1) is 5.81. The van der Waals surface area contributed by atoms with Gasteiger partial charge in [-0.3, -0.25) is 0 Å². The molecule has 0 radical (unpaired) electrons. The van der Waals surface area contributed by atoms with Crippen LogP contribution in [0.25, 0.3) is 6.08 Å². The summed E-state index contributed by atoms with van der Waals surface area (Å²) in [6.45, 7) is 0. The molecule has 0 atom stereocenters. The summed E-state index contributed by atoms with van der Waals surface area (Å²) < 4.78 is 6.30. The topological polar surface area (TPSA) is 9.23 Å². The van der Waals surface area contributed by atoms with Crippen molar-refractivity contribution in [3.8, 4) is 5.75 Å². The lowest BCUT2D eigenvalue weighted by Crippen LogP contribution is -1.88. The van der Waals surface area contributed by atoms with Gasteiger partial charge in [0.25, 0.3) is 0 Å². The summed E-state index contributed by atoms with van der Waals surface area (Å²) >= 11 is 3.52. The zero-order valence-electron chi connectivity index (χ0n) is 6.80. The van der Waals surface area contributed by atoms with Crippen molar-refractivity contribution in [1.29, 1.82) is 0 Å². The van der Waals surface area contributed by atoms with Crippen LogP contribution in [0, 0.1) is 0 Å². The maximum Gasteiger partial charge on any atom is 0.120 e. The minimum absolute atomic E-state index is 0.909. The molecule has 0 unspecified atom stereocenters. The van der Waals surface area contributed by atoms with Crippen molar-refractivity contribution in [2.45, 2.75) is 6.42 Å². The van der Waals surface area contributed by atoms with Gasteiger partial charge in [-0.1, -0.05) is 28.1 Å². The van der Waals surface area contributed by atoms with Crippen LogP contribution in [0.3, 0.4) is 0 Å². The van der Waals surface area contributed by atoms with Crippen LogP contribution in [0.15, 0.2) is 22.7 Å². The fourth-order valence-corrected chi connectivity index (χ4v) is 2.03. The van der Waals surface area contributed by atoms with E-state index in [2.05, 4.69) is 34.1 Å². The van der Waals surface area contributed by atoms with Crippen molar-refractivity contribution in [2.24, 2.45) is 0 Å². The number of allylic oxidation sites excluding steroid dienone is 1. The van der Waals surface area contributed by atoms with E-state index in [0.29, 0.717) is 0 Å². The number of hydrogen-bond acceptors (Lipinski definition) is 1. The maximum atomic E-state index is 5.16. The minimum atomic E-state index is 0.909. The Kier molecular flexibility index (Phi) is 1.93. The summed E-state index contributed by atoms with van der Waals surface area (Å²) in [5.74, 6) is 0.909. The lowest BCUT2D eigenvalue weighted by Gasteiger charge is -2.05. The van der Waals surface area contributed by atoms with Gasteiger partial charge in [0, 0.05) is 4.47 Å². The molecule has 1 aliphatic carbocycles. The average Bonchev–Trinajstić information content (AvgIpc) is 2.52. The number of methoxy groups -OCH3 is 1. The number of fused-ring (bicyclic) bond motifs is 1. The minimum Gasteiger partial charge on any atom is -0.497 e. The predicted octanol–water partition coefficient (Wildman–Crippen LogP) is 3.03. The fourth-order valence-electron chi connectivity index (χ4n) is 1.42. The van der Waals surface area contributed by atoms with E-state index in [9.17, 15) is 0 Å². The van der Waals surface area contributed by atoms with Gasteiger partial charge in [-0.15, -0.1) is 0 Å². The van der Waals surface area contributed by atoms with Crippen molar-refractivity contribution in [1.82, 2.24) is 0 Å². The van der Waals surface area contributed by atoms with Gasteiger partial charge in [0.2, 0.25) is 0 Å². The molecule has 0 N–H and O–H groups in total. The standard InChI is InChI=1S/C10H9BrO/c1-12-8-5-7-3-2-4-9(7)10(11)6-8/h2-3,5-6H,4H2,1H3. The molecule has 62 valence electrons. The highest BCUT2D eigenvalue weighted by atomic mass is 79.9. The zero-order chi connectivity index (χ0) is 8.55. The molecule has 2 heteroatoms. The first-order valence-corrected chi connectivity index (χ1v) is 4.63. The number of rotatable bonds is 1. The van der Waals surface area contributed by atoms with Gasteiger partial charge in [-0.25, -0.2) is 0 Å². The summed E-state index contributed by atoms with van der Waals surface area (Å²) in [7, 11) is 1.69. The summed E-state index contributed by atoms with van der Waals surface area (Å²) in [6.07, 6.45) is 5.32. The van der Waals surface area contributed by atoms with Gasteiger partial charge < -0.3 is 4.74 Å². The van der Waals surface area contributed by atoms with Crippen LogP contribution in [0.4, 0.5) is 0 Å². The summed E-state index contributed by atoms with van der Waals surface area (Å²) in [4.78, 5) is 0. The number of halogens is 1. The van der Waals surface area contributed by atoms with Crippen LogP contribution in [0.5, 0.6) is 5.75 Å². The number of hydrogen-bond donors (Lipinski definition) is 0. The largest absolute Gasteiger partial charge is 0.497 e. The van der Waals surface area contributed by atoms with Crippen molar-refractivity contribution >= 4 is 22.0 Å². The van der Waals surface area contributed by atoms with E-state index in [1.165, 1.54) is 11.1 Å². The molecule has 0 heterocycles. The van der Waals surface area contributed by atoms with Crippen LogP contribution in [0.1, 0.15) is 11.1 Å². The van der Waals surface area contributed by atoms with Crippen LogP contribution in [-0.2, 0) is 6.42 Å². The third-order valence-electron chi connectivity index (χ3n) is 2.06. The Balaban J connectivity index is 2.56. The lowest BCUT2D eigenvalue weighted by molar-refractivity contribution is 0.414. The fraction of sp³-hybridized carbons (Fsp3) is 0.200. The Bertz CT molecular complexity index is 342. The molecule has 0 spiro atoms. The molecular weight excluding hydrogens is 216 g/mol. The molecule has 0 amide bonds. The van der Waals surface area contributed by atoms with Crippen LogP contribution in [0.2, 0.25) is 0 Å². The van der Waals surface area contributed by atoms with Gasteiger partial charge in [0.15, 0.2) is 0 Å². The molecule has 1 aromatic rings. The second kappa shape index (κ2) is 2.94. The second-order valence-corrected chi connectivity index (χ2v) is 3.64. The van der Waals surface area contributed by atoms with Gasteiger partial charge in [-0.2, -0.15) is 0 Å². The Morgan fingerprint density at radius 3 is 3.00 bits per heavy atom. The van der Waals surface area contributed by atoms with Crippen molar-refractivity contribution in [2.75, 3.05) is 7.11 Å². The maximum absolute atomic E-state index is 5.16. The third-order valence-corrected chi connectivity index (χ3v) is 2.77.